The number of hydrogen-bond acceptors (Lipinski definition) is 7. The zero-order chi connectivity index (χ0) is 19.1. The summed E-state index contributed by atoms with van der Waals surface area (Å²) in [7, 11) is 0. The van der Waals surface area contributed by atoms with Crippen LogP contribution in [0.1, 0.15) is 32.1 Å². The Hall–Kier alpha value is -2.98. The summed E-state index contributed by atoms with van der Waals surface area (Å²) in [6.07, 6.45) is 8.08. The molecule has 0 aromatic carbocycles. The van der Waals surface area contributed by atoms with E-state index >= 15 is 0 Å². The zero-order valence-electron chi connectivity index (χ0n) is 15.5. The van der Waals surface area contributed by atoms with E-state index in [1.54, 1.807) is 21.8 Å². The summed E-state index contributed by atoms with van der Waals surface area (Å²) in [5, 5.41) is 17.9. The molecule has 2 N–H and O–H groups in total. The van der Waals surface area contributed by atoms with Crippen LogP contribution in [0.25, 0.3) is 5.65 Å². The molecule has 0 radical (unpaired) electrons. The van der Waals surface area contributed by atoms with Crippen molar-refractivity contribution in [1.82, 2.24) is 40.6 Å². The number of nitrogens with one attached hydrogen (secondary N) is 2. The van der Waals surface area contributed by atoms with Crippen LogP contribution in [0.4, 0.5) is 10.6 Å². The van der Waals surface area contributed by atoms with Crippen LogP contribution in [-0.2, 0) is 4.79 Å². The summed E-state index contributed by atoms with van der Waals surface area (Å²) in [6, 6.07) is -0.00728. The van der Waals surface area contributed by atoms with Crippen LogP contribution in [0.2, 0.25) is 0 Å². The van der Waals surface area contributed by atoms with Gasteiger partial charge in [0.05, 0.1) is 17.8 Å². The van der Waals surface area contributed by atoms with Gasteiger partial charge in [-0.25, -0.2) is 9.78 Å². The largest absolute Gasteiger partial charge is 0.348 e. The Bertz CT molecular complexity index is 915. The molecule has 2 unspecified atom stereocenters. The van der Waals surface area contributed by atoms with E-state index in [0.717, 1.165) is 44.5 Å². The van der Waals surface area contributed by atoms with Crippen molar-refractivity contribution in [2.75, 3.05) is 31.1 Å². The third-order valence-corrected chi connectivity index (χ3v) is 6.17. The highest BCUT2D eigenvalue weighted by atomic mass is 16.2. The molecule has 2 aromatic heterocycles. The number of amides is 3. The number of fused-ring (bicyclic) bond motifs is 2. The highest BCUT2D eigenvalue weighted by Crippen LogP contribution is 2.43. The first-order valence-electron chi connectivity index (χ1n) is 9.79. The van der Waals surface area contributed by atoms with Crippen LogP contribution in [-0.4, -0.2) is 79.6 Å². The minimum atomic E-state index is -0.286. The number of tetrazole rings is 1. The van der Waals surface area contributed by atoms with Crippen LogP contribution in [0.5, 0.6) is 0 Å². The summed E-state index contributed by atoms with van der Waals surface area (Å²) in [4.78, 5) is 33.0. The Morgan fingerprint density at radius 1 is 1.32 bits per heavy atom. The van der Waals surface area contributed by atoms with Crippen LogP contribution in [0.15, 0.2) is 12.4 Å². The molecule has 3 fully saturated rings. The van der Waals surface area contributed by atoms with E-state index < -0.39 is 0 Å². The Morgan fingerprint density at radius 2 is 2.25 bits per heavy atom. The molecule has 3 aliphatic rings. The lowest BCUT2D eigenvalue weighted by atomic mass is 9.93. The number of nitrogens with zero attached hydrogens (tertiary/aromatic N) is 7. The first-order chi connectivity index (χ1) is 13.7. The smallest absolute Gasteiger partial charge is 0.317 e. The summed E-state index contributed by atoms with van der Waals surface area (Å²) in [5.74, 6) is 0.659. The van der Waals surface area contributed by atoms with E-state index in [1.807, 2.05) is 0 Å². The number of anilines is 1. The quantitative estimate of drug-likeness (QED) is 0.731. The van der Waals surface area contributed by atoms with Crippen LogP contribution < -0.4 is 15.5 Å². The van der Waals surface area contributed by atoms with Crippen molar-refractivity contribution in [3.8, 4) is 0 Å². The monoisotopic (exact) mass is 385 g/mol. The molecule has 148 valence electrons. The van der Waals surface area contributed by atoms with E-state index in [2.05, 4.69) is 36.0 Å². The molecule has 11 heteroatoms. The normalized spacial score (nSPS) is 27.1. The maximum absolute atomic E-state index is 12.8. The molecule has 11 nitrogen and oxygen atoms in total. The van der Waals surface area contributed by atoms with Gasteiger partial charge in [-0.3, -0.25) is 4.79 Å². The number of carbonyl (C=O) groups excluding carboxylic acids is 2. The Labute approximate surface area is 161 Å². The van der Waals surface area contributed by atoms with Crippen molar-refractivity contribution in [3.63, 3.8) is 0 Å². The van der Waals surface area contributed by atoms with Crippen LogP contribution in [0, 0.1) is 0 Å². The van der Waals surface area contributed by atoms with Gasteiger partial charge in [0, 0.05) is 25.8 Å². The molecule has 1 saturated carbocycles. The van der Waals surface area contributed by atoms with Gasteiger partial charge < -0.3 is 20.4 Å². The van der Waals surface area contributed by atoms with Crippen molar-refractivity contribution in [1.29, 1.82) is 0 Å². The van der Waals surface area contributed by atoms with Gasteiger partial charge in [0.1, 0.15) is 6.54 Å². The maximum Gasteiger partial charge on any atom is 0.317 e. The number of carbonyl (C=O) groups is 2. The van der Waals surface area contributed by atoms with E-state index in [0.29, 0.717) is 18.7 Å². The molecule has 28 heavy (non-hydrogen) atoms. The molecule has 0 spiro atoms. The SMILES string of the molecule is O=C(CN1CCCNC1=O)NC12CCCC1N(c1nccn3nnnc13)CC2. The van der Waals surface area contributed by atoms with Gasteiger partial charge in [-0.15, -0.1) is 5.10 Å². The molecular weight excluding hydrogens is 362 g/mol. The van der Waals surface area contributed by atoms with E-state index in [1.165, 1.54) is 0 Å². The molecule has 2 aliphatic heterocycles. The predicted octanol–water partition coefficient (Wildman–Crippen LogP) is -0.448. The van der Waals surface area contributed by atoms with Crippen molar-refractivity contribution >= 4 is 23.4 Å². The molecule has 0 bridgehead atoms. The van der Waals surface area contributed by atoms with Crippen LogP contribution in [0.3, 0.4) is 0 Å². The fraction of sp³-hybridized carbons (Fsp3) is 0.647. The fourth-order valence-electron chi connectivity index (χ4n) is 4.93. The van der Waals surface area contributed by atoms with Gasteiger partial charge in [0.2, 0.25) is 11.6 Å². The minimum Gasteiger partial charge on any atom is -0.348 e. The van der Waals surface area contributed by atoms with Crippen molar-refractivity contribution in [2.24, 2.45) is 0 Å². The predicted molar refractivity (Wildman–Crippen MR) is 98.6 cm³/mol. The van der Waals surface area contributed by atoms with Gasteiger partial charge in [0.15, 0.2) is 5.82 Å². The highest BCUT2D eigenvalue weighted by Gasteiger charge is 2.52. The number of urea groups is 1. The van der Waals surface area contributed by atoms with Gasteiger partial charge in [-0.05, 0) is 42.5 Å². The average Bonchev–Trinajstić information content (AvgIpc) is 3.38. The number of rotatable bonds is 4. The summed E-state index contributed by atoms with van der Waals surface area (Å²) in [6.45, 7) is 2.18. The summed E-state index contributed by atoms with van der Waals surface area (Å²) >= 11 is 0. The molecular formula is C17H23N9O2. The third-order valence-electron chi connectivity index (χ3n) is 6.17. The van der Waals surface area contributed by atoms with Crippen molar-refractivity contribution < 1.29 is 9.59 Å². The van der Waals surface area contributed by atoms with Crippen LogP contribution >= 0.6 is 0 Å². The molecule has 1 aliphatic carbocycles. The van der Waals surface area contributed by atoms with Crippen molar-refractivity contribution in [2.45, 2.75) is 43.7 Å². The first-order valence-corrected chi connectivity index (χ1v) is 9.79. The first kappa shape index (κ1) is 17.1. The second kappa shape index (κ2) is 6.57. The Morgan fingerprint density at radius 3 is 3.14 bits per heavy atom. The minimum absolute atomic E-state index is 0.0962. The Balaban J connectivity index is 1.34. The van der Waals surface area contributed by atoms with Crippen molar-refractivity contribution in [3.05, 3.63) is 12.4 Å². The second-order valence-corrected chi connectivity index (χ2v) is 7.76. The van der Waals surface area contributed by atoms with Gasteiger partial charge in [0.25, 0.3) is 0 Å². The van der Waals surface area contributed by atoms with E-state index in [-0.39, 0.29) is 30.1 Å². The number of hydrogen-bond donors (Lipinski definition) is 2. The van der Waals surface area contributed by atoms with E-state index in [4.69, 9.17) is 0 Å². The molecule has 5 rings (SSSR count). The molecule has 2 saturated heterocycles. The average molecular weight is 385 g/mol. The zero-order valence-corrected chi connectivity index (χ0v) is 15.5. The highest BCUT2D eigenvalue weighted by molar-refractivity contribution is 5.85. The summed E-state index contributed by atoms with van der Waals surface area (Å²) < 4.78 is 1.62. The Kier molecular flexibility index (Phi) is 4.02. The topological polar surface area (TPSA) is 121 Å². The molecule has 3 amide bonds. The van der Waals surface area contributed by atoms with Gasteiger partial charge in [-0.2, -0.15) is 4.52 Å². The fourth-order valence-corrected chi connectivity index (χ4v) is 4.93. The molecule has 2 atom stereocenters. The molecule has 4 heterocycles. The van der Waals surface area contributed by atoms with E-state index in [9.17, 15) is 9.59 Å². The second-order valence-electron chi connectivity index (χ2n) is 7.76. The number of aromatic nitrogens is 5. The van der Waals surface area contributed by atoms with Gasteiger partial charge in [-0.1, -0.05) is 0 Å². The summed E-state index contributed by atoms with van der Waals surface area (Å²) in [5.41, 5.74) is 0.340. The standard InChI is InChI=1S/C17H23N9O2/c27-13(11-24-8-2-6-19-16(24)28)20-17-4-1-3-12(17)25(9-5-17)14-15-21-22-23-26(15)10-7-18-14/h7,10,12H,1-6,8-9,11H2,(H,19,28)(H,20,27). The lowest BCUT2D eigenvalue weighted by Crippen LogP contribution is -2.57. The third kappa shape index (κ3) is 2.72. The lowest BCUT2D eigenvalue weighted by molar-refractivity contribution is -0.123. The maximum atomic E-state index is 12.8. The van der Waals surface area contributed by atoms with Gasteiger partial charge >= 0.3 is 6.03 Å². The molecule has 2 aromatic rings. The lowest BCUT2D eigenvalue weighted by Gasteiger charge is -2.35.